The molecule has 0 spiro atoms. The molecule has 1 aromatic rings. The lowest BCUT2D eigenvalue weighted by atomic mass is 9.97. The van der Waals surface area contributed by atoms with Gasteiger partial charge in [0.15, 0.2) is 0 Å². The Labute approximate surface area is 95.4 Å². The third-order valence-corrected chi connectivity index (χ3v) is 2.73. The first kappa shape index (κ1) is 12.9. The highest BCUT2D eigenvalue weighted by molar-refractivity contribution is 5.41. The van der Waals surface area contributed by atoms with Gasteiger partial charge in [-0.1, -0.05) is 26.8 Å². The predicted octanol–water partition coefficient (Wildman–Crippen LogP) is 4.32. The summed E-state index contributed by atoms with van der Waals surface area (Å²) in [4.78, 5) is 0. The molecule has 1 aromatic carbocycles. The molecule has 0 fully saturated rings. The first-order valence-electron chi connectivity index (χ1n) is 5.48. The number of hydrogen-bond donors (Lipinski definition) is 0. The van der Waals surface area contributed by atoms with Crippen molar-refractivity contribution in [2.45, 2.75) is 39.0 Å². The maximum atomic E-state index is 13.6. The first-order valence-corrected chi connectivity index (χ1v) is 5.48. The van der Waals surface area contributed by atoms with Crippen molar-refractivity contribution in [2.75, 3.05) is 7.11 Å². The van der Waals surface area contributed by atoms with Crippen LogP contribution in [0.1, 0.15) is 44.2 Å². The van der Waals surface area contributed by atoms with Crippen LogP contribution in [0.5, 0.6) is 5.75 Å². The fourth-order valence-corrected chi connectivity index (χ4v) is 1.56. The summed E-state index contributed by atoms with van der Waals surface area (Å²) < 4.78 is 32.2. The summed E-state index contributed by atoms with van der Waals surface area (Å²) in [5, 5.41) is 0. The topological polar surface area (TPSA) is 9.23 Å². The van der Waals surface area contributed by atoms with Crippen LogP contribution in [0.2, 0.25) is 0 Å². The van der Waals surface area contributed by atoms with Crippen LogP contribution in [0, 0.1) is 0 Å². The van der Waals surface area contributed by atoms with E-state index in [1.807, 2.05) is 13.8 Å². The summed E-state index contributed by atoms with van der Waals surface area (Å²) in [5.41, 5.74) is 0.981. The third kappa shape index (κ3) is 2.52. The lowest BCUT2D eigenvalue weighted by Crippen LogP contribution is -2.13. The highest BCUT2D eigenvalue weighted by Crippen LogP contribution is 2.38. The van der Waals surface area contributed by atoms with Crippen LogP contribution in [0.25, 0.3) is 0 Å². The number of halogens is 2. The lowest BCUT2D eigenvalue weighted by Gasteiger charge is -2.19. The van der Waals surface area contributed by atoms with Crippen LogP contribution >= 0.6 is 0 Å². The van der Waals surface area contributed by atoms with Gasteiger partial charge in [-0.15, -0.1) is 0 Å². The van der Waals surface area contributed by atoms with Crippen molar-refractivity contribution in [2.24, 2.45) is 0 Å². The Morgan fingerprint density at radius 2 is 1.94 bits per heavy atom. The quantitative estimate of drug-likeness (QED) is 0.745. The van der Waals surface area contributed by atoms with E-state index in [0.717, 1.165) is 5.56 Å². The largest absolute Gasteiger partial charge is 0.496 e. The van der Waals surface area contributed by atoms with Gasteiger partial charge in [-0.05, 0) is 23.6 Å². The maximum Gasteiger partial charge on any atom is 0.276 e. The first-order chi connectivity index (χ1) is 7.42. The van der Waals surface area contributed by atoms with Gasteiger partial charge in [0, 0.05) is 6.42 Å². The van der Waals surface area contributed by atoms with Crippen LogP contribution in [0.3, 0.4) is 0 Å². The second-order valence-corrected chi connectivity index (χ2v) is 4.17. The average Bonchev–Trinajstić information content (AvgIpc) is 2.28. The van der Waals surface area contributed by atoms with Crippen LogP contribution < -0.4 is 4.74 Å². The molecule has 0 aliphatic heterocycles. The zero-order valence-electron chi connectivity index (χ0n) is 10.2. The number of rotatable bonds is 4. The molecule has 3 heteroatoms. The number of ether oxygens (including phenoxy) is 1. The molecule has 0 N–H and O–H groups in total. The molecule has 0 radical (unpaired) electrons. The molecular weight excluding hydrogens is 210 g/mol. The molecule has 0 aromatic heterocycles. The second kappa shape index (κ2) is 4.81. The standard InChI is InChI=1S/C13H18F2O/c1-5-13(14,15)11-7-6-10(9(2)3)8-12(11)16-4/h6-9H,5H2,1-4H3. The molecule has 16 heavy (non-hydrogen) atoms. The van der Waals surface area contributed by atoms with Crippen molar-refractivity contribution in [3.63, 3.8) is 0 Å². The zero-order chi connectivity index (χ0) is 12.3. The van der Waals surface area contributed by atoms with Crippen LogP contribution in [-0.2, 0) is 5.92 Å². The fourth-order valence-electron chi connectivity index (χ4n) is 1.56. The fraction of sp³-hybridized carbons (Fsp3) is 0.538. The van der Waals surface area contributed by atoms with Gasteiger partial charge in [0.05, 0.1) is 12.7 Å². The molecule has 0 unspecified atom stereocenters. The Balaban J connectivity index is 3.22. The van der Waals surface area contributed by atoms with E-state index in [2.05, 4.69) is 0 Å². The van der Waals surface area contributed by atoms with Gasteiger partial charge in [-0.2, -0.15) is 0 Å². The number of hydrogen-bond acceptors (Lipinski definition) is 1. The molecule has 0 amide bonds. The monoisotopic (exact) mass is 228 g/mol. The summed E-state index contributed by atoms with van der Waals surface area (Å²) in [6, 6.07) is 4.91. The molecule has 0 atom stereocenters. The maximum absolute atomic E-state index is 13.6. The molecule has 0 aliphatic rings. The van der Waals surface area contributed by atoms with Crippen molar-refractivity contribution in [1.29, 1.82) is 0 Å². The molecule has 1 rings (SSSR count). The summed E-state index contributed by atoms with van der Waals surface area (Å²) in [6.07, 6.45) is -0.218. The Morgan fingerprint density at radius 3 is 2.38 bits per heavy atom. The molecular formula is C13H18F2O. The molecule has 0 bridgehead atoms. The predicted molar refractivity (Wildman–Crippen MR) is 61.3 cm³/mol. The van der Waals surface area contributed by atoms with Crippen molar-refractivity contribution >= 4 is 0 Å². The highest BCUT2D eigenvalue weighted by Gasteiger charge is 2.32. The average molecular weight is 228 g/mol. The van der Waals surface area contributed by atoms with E-state index in [-0.39, 0.29) is 17.7 Å². The number of methoxy groups -OCH3 is 1. The van der Waals surface area contributed by atoms with Crippen LogP contribution in [-0.4, -0.2) is 7.11 Å². The van der Waals surface area contributed by atoms with E-state index in [4.69, 9.17) is 4.74 Å². The molecule has 1 nitrogen and oxygen atoms in total. The van der Waals surface area contributed by atoms with Crippen molar-refractivity contribution in [3.05, 3.63) is 29.3 Å². The van der Waals surface area contributed by atoms with Crippen LogP contribution in [0.15, 0.2) is 18.2 Å². The van der Waals surface area contributed by atoms with Crippen molar-refractivity contribution in [1.82, 2.24) is 0 Å². The molecule has 0 heterocycles. The van der Waals surface area contributed by atoms with E-state index >= 15 is 0 Å². The summed E-state index contributed by atoms with van der Waals surface area (Å²) in [6.45, 7) is 5.51. The third-order valence-electron chi connectivity index (χ3n) is 2.73. The van der Waals surface area contributed by atoms with E-state index in [9.17, 15) is 8.78 Å². The van der Waals surface area contributed by atoms with Crippen molar-refractivity contribution < 1.29 is 13.5 Å². The summed E-state index contributed by atoms with van der Waals surface area (Å²) in [7, 11) is 1.43. The van der Waals surface area contributed by atoms with Gasteiger partial charge in [0.1, 0.15) is 5.75 Å². The molecule has 0 saturated heterocycles. The van der Waals surface area contributed by atoms with Gasteiger partial charge in [-0.3, -0.25) is 0 Å². The minimum atomic E-state index is -2.82. The minimum absolute atomic E-state index is 0.0260. The van der Waals surface area contributed by atoms with Gasteiger partial charge in [0.2, 0.25) is 0 Å². The Bertz CT molecular complexity index is 359. The number of alkyl halides is 2. The highest BCUT2D eigenvalue weighted by atomic mass is 19.3. The Hall–Kier alpha value is -1.12. The normalized spacial score (nSPS) is 11.9. The van der Waals surface area contributed by atoms with E-state index in [0.29, 0.717) is 5.92 Å². The smallest absolute Gasteiger partial charge is 0.276 e. The lowest BCUT2D eigenvalue weighted by molar-refractivity contribution is -0.0104. The SMILES string of the molecule is CCC(F)(F)c1ccc(C(C)C)cc1OC. The van der Waals surface area contributed by atoms with Gasteiger partial charge < -0.3 is 4.74 Å². The van der Waals surface area contributed by atoms with Gasteiger partial charge in [0.25, 0.3) is 5.92 Å². The van der Waals surface area contributed by atoms with Crippen molar-refractivity contribution in [3.8, 4) is 5.75 Å². The Kier molecular flexibility index (Phi) is 3.89. The molecule has 0 saturated carbocycles. The van der Waals surface area contributed by atoms with Crippen LogP contribution in [0.4, 0.5) is 8.78 Å². The minimum Gasteiger partial charge on any atom is -0.496 e. The van der Waals surface area contributed by atoms with E-state index < -0.39 is 5.92 Å². The van der Waals surface area contributed by atoms with E-state index in [1.54, 1.807) is 12.1 Å². The zero-order valence-corrected chi connectivity index (χ0v) is 10.2. The van der Waals surface area contributed by atoms with E-state index in [1.165, 1.54) is 20.1 Å². The Morgan fingerprint density at radius 1 is 1.31 bits per heavy atom. The molecule has 90 valence electrons. The summed E-state index contributed by atoms with van der Waals surface area (Å²) in [5.74, 6) is -2.24. The van der Waals surface area contributed by atoms with Gasteiger partial charge in [-0.25, -0.2) is 8.78 Å². The number of benzene rings is 1. The second-order valence-electron chi connectivity index (χ2n) is 4.17. The van der Waals surface area contributed by atoms with Gasteiger partial charge >= 0.3 is 0 Å². The molecule has 0 aliphatic carbocycles. The summed E-state index contributed by atoms with van der Waals surface area (Å²) >= 11 is 0.